The van der Waals surface area contributed by atoms with E-state index in [1.807, 2.05) is 49.4 Å². The summed E-state index contributed by atoms with van der Waals surface area (Å²) >= 11 is 0. The Morgan fingerprint density at radius 1 is 1.10 bits per heavy atom. The molecule has 3 rings (SSSR count). The number of ether oxygens (including phenoxy) is 1. The molecule has 0 atom stereocenters. The average molecular weight is 407 g/mol. The molecule has 0 bridgehead atoms. The van der Waals surface area contributed by atoms with Crippen molar-refractivity contribution in [3.8, 4) is 23.3 Å². The van der Waals surface area contributed by atoms with Crippen LogP contribution in [0.25, 0.3) is 0 Å². The first-order chi connectivity index (χ1) is 14.6. The van der Waals surface area contributed by atoms with Crippen molar-refractivity contribution in [1.29, 1.82) is 0 Å². The summed E-state index contributed by atoms with van der Waals surface area (Å²) < 4.78 is 5.65. The van der Waals surface area contributed by atoms with Crippen molar-refractivity contribution < 1.29 is 9.84 Å². The zero-order chi connectivity index (χ0) is 21.3. The van der Waals surface area contributed by atoms with Gasteiger partial charge in [-0.3, -0.25) is 4.90 Å². The Labute approximate surface area is 181 Å². The van der Waals surface area contributed by atoms with Crippen molar-refractivity contribution in [2.24, 2.45) is 0 Å². The lowest BCUT2D eigenvalue weighted by Crippen LogP contribution is -2.44. The van der Waals surface area contributed by atoms with Gasteiger partial charge in [-0.1, -0.05) is 43.9 Å². The third kappa shape index (κ3) is 6.01. The van der Waals surface area contributed by atoms with E-state index < -0.39 is 0 Å². The second kappa shape index (κ2) is 11.1. The van der Waals surface area contributed by atoms with Gasteiger partial charge in [0.15, 0.2) is 0 Å². The number of phenolic OH excluding ortho intramolecular Hbond substituents is 1. The molecule has 0 radical (unpaired) electrons. The standard InChI is InChI=1S/C26H34N2O2/c1-4-28(5-2)24-13-15-27(16-14-24)20-23-19-22(18-21(3)26(23)29)10-9-17-30-25-11-7-6-8-12-25/h6-8,11-12,18-19,24,29H,4-5,13-17,20H2,1-3H3. The van der Waals surface area contributed by atoms with E-state index >= 15 is 0 Å². The van der Waals surface area contributed by atoms with Gasteiger partial charge in [0, 0.05) is 23.7 Å². The lowest BCUT2D eigenvalue weighted by atomic mass is 10.0. The van der Waals surface area contributed by atoms with E-state index in [-0.39, 0.29) is 0 Å². The van der Waals surface area contributed by atoms with E-state index in [4.69, 9.17) is 4.74 Å². The lowest BCUT2D eigenvalue weighted by Gasteiger charge is -2.37. The van der Waals surface area contributed by atoms with E-state index in [2.05, 4.69) is 35.5 Å². The number of aromatic hydroxyl groups is 1. The van der Waals surface area contributed by atoms with Gasteiger partial charge in [-0.2, -0.15) is 0 Å². The highest BCUT2D eigenvalue weighted by Gasteiger charge is 2.23. The molecule has 160 valence electrons. The molecule has 4 nitrogen and oxygen atoms in total. The second-order valence-corrected chi connectivity index (χ2v) is 7.93. The van der Waals surface area contributed by atoms with E-state index in [0.29, 0.717) is 18.4 Å². The minimum Gasteiger partial charge on any atom is -0.507 e. The van der Waals surface area contributed by atoms with E-state index in [0.717, 1.165) is 55.2 Å². The van der Waals surface area contributed by atoms with Crippen molar-refractivity contribution in [3.05, 3.63) is 59.2 Å². The van der Waals surface area contributed by atoms with Gasteiger partial charge in [-0.05, 0) is 75.8 Å². The molecular weight excluding hydrogens is 372 g/mol. The third-order valence-corrected chi connectivity index (χ3v) is 5.95. The van der Waals surface area contributed by atoms with Gasteiger partial charge >= 0.3 is 0 Å². The number of hydrogen-bond donors (Lipinski definition) is 1. The summed E-state index contributed by atoms with van der Waals surface area (Å²) in [5.41, 5.74) is 2.76. The number of nitrogens with zero attached hydrogens (tertiary/aromatic N) is 2. The van der Waals surface area contributed by atoms with Gasteiger partial charge < -0.3 is 14.7 Å². The van der Waals surface area contributed by atoms with Gasteiger partial charge in [-0.15, -0.1) is 0 Å². The van der Waals surface area contributed by atoms with E-state index in [1.165, 1.54) is 12.8 Å². The molecule has 1 N–H and O–H groups in total. The summed E-state index contributed by atoms with van der Waals surface area (Å²) in [7, 11) is 0. The maximum atomic E-state index is 10.6. The van der Waals surface area contributed by atoms with Crippen LogP contribution in [0.1, 0.15) is 43.4 Å². The summed E-state index contributed by atoms with van der Waals surface area (Å²) in [5, 5.41) is 10.6. The average Bonchev–Trinajstić information content (AvgIpc) is 2.77. The van der Waals surface area contributed by atoms with Crippen LogP contribution in [0.4, 0.5) is 0 Å². The van der Waals surface area contributed by atoms with Gasteiger partial charge in [0.25, 0.3) is 0 Å². The molecule has 0 aliphatic carbocycles. The number of benzene rings is 2. The minimum absolute atomic E-state index is 0.345. The molecule has 1 aliphatic rings. The van der Waals surface area contributed by atoms with Crippen LogP contribution in [-0.4, -0.2) is 53.7 Å². The zero-order valence-electron chi connectivity index (χ0n) is 18.5. The van der Waals surface area contributed by atoms with Crippen LogP contribution in [0.3, 0.4) is 0 Å². The van der Waals surface area contributed by atoms with Crippen LogP contribution < -0.4 is 4.74 Å². The fourth-order valence-corrected chi connectivity index (χ4v) is 4.24. The smallest absolute Gasteiger partial charge is 0.149 e. The van der Waals surface area contributed by atoms with Crippen LogP contribution in [0.2, 0.25) is 0 Å². The molecule has 1 saturated heterocycles. The molecule has 0 aromatic heterocycles. The van der Waals surface area contributed by atoms with Crippen LogP contribution in [-0.2, 0) is 6.54 Å². The number of para-hydroxylation sites is 1. The Morgan fingerprint density at radius 3 is 2.47 bits per heavy atom. The molecule has 0 unspecified atom stereocenters. The molecule has 1 fully saturated rings. The first-order valence-electron chi connectivity index (χ1n) is 11.1. The SMILES string of the molecule is CCN(CC)C1CCN(Cc2cc(C#CCOc3ccccc3)cc(C)c2O)CC1. The van der Waals surface area contributed by atoms with Crippen LogP contribution in [0.5, 0.6) is 11.5 Å². The molecule has 0 spiro atoms. The number of likely N-dealkylation sites (tertiary alicyclic amines) is 1. The van der Waals surface area contributed by atoms with Crippen molar-refractivity contribution in [3.63, 3.8) is 0 Å². The first kappa shape index (κ1) is 22.2. The second-order valence-electron chi connectivity index (χ2n) is 7.93. The number of rotatable bonds is 7. The van der Waals surface area contributed by atoms with E-state index in [1.54, 1.807) is 0 Å². The molecule has 2 aromatic carbocycles. The number of phenols is 1. The normalized spacial score (nSPS) is 15.1. The Kier molecular flexibility index (Phi) is 8.19. The molecule has 0 amide bonds. The Balaban J connectivity index is 1.60. The maximum absolute atomic E-state index is 10.6. The lowest BCUT2D eigenvalue weighted by molar-refractivity contribution is 0.112. The Morgan fingerprint density at radius 2 is 1.80 bits per heavy atom. The Hall–Kier alpha value is -2.48. The molecule has 30 heavy (non-hydrogen) atoms. The predicted molar refractivity (Wildman–Crippen MR) is 123 cm³/mol. The third-order valence-electron chi connectivity index (χ3n) is 5.95. The van der Waals surface area contributed by atoms with Gasteiger partial charge in [-0.25, -0.2) is 0 Å². The summed E-state index contributed by atoms with van der Waals surface area (Å²) in [4.78, 5) is 5.01. The van der Waals surface area contributed by atoms with Gasteiger partial charge in [0.1, 0.15) is 18.1 Å². The Bertz CT molecular complexity index is 858. The van der Waals surface area contributed by atoms with Crippen LogP contribution in [0.15, 0.2) is 42.5 Å². The van der Waals surface area contributed by atoms with Gasteiger partial charge in [0.05, 0.1) is 0 Å². The topological polar surface area (TPSA) is 35.9 Å². The summed E-state index contributed by atoms with van der Waals surface area (Å²) in [6, 6.07) is 14.4. The highest BCUT2D eigenvalue weighted by molar-refractivity contribution is 5.48. The summed E-state index contributed by atoms with van der Waals surface area (Å²) in [6.45, 7) is 11.9. The summed E-state index contributed by atoms with van der Waals surface area (Å²) in [5.74, 6) is 7.49. The molecular formula is C26H34N2O2. The molecule has 0 saturated carbocycles. The highest BCUT2D eigenvalue weighted by atomic mass is 16.5. The predicted octanol–water partition coefficient (Wildman–Crippen LogP) is 4.44. The number of hydrogen-bond acceptors (Lipinski definition) is 4. The molecule has 2 aromatic rings. The quantitative estimate of drug-likeness (QED) is 0.690. The molecule has 4 heteroatoms. The monoisotopic (exact) mass is 406 g/mol. The van der Waals surface area contributed by atoms with Crippen molar-refractivity contribution in [2.45, 2.75) is 46.2 Å². The number of piperidine rings is 1. The zero-order valence-corrected chi connectivity index (χ0v) is 18.5. The largest absolute Gasteiger partial charge is 0.507 e. The van der Waals surface area contributed by atoms with Crippen molar-refractivity contribution in [2.75, 3.05) is 32.8 Å². The molecule has 1 aliphatic heterocycles. The van der Waals surface area contributed by atoms with Crippen molar-refractivity contribution in [1.82, 2.24) is 9.80 Å². The maximum Gasteiger partial charge on any atom is 0.149 e. The van der Waals surface area contributed by atoms with Crippen LogP contribution in [0, 0.1) is 18.8 Å². The minimum atomic E-state index is 0.345. The fourth-order valence-electron chi connectivity index (χ4n) is 4.24. The van der Waals surface area contributed by atoms with Gasteiger partial charge in [0.2, 0.25) is 0 Å². The highest BCUT2D eigenvalue weighted by Crippen LogP contribution is 2.27. The first-order valence-corrected chi connectivity index (χ1v) is 11.1. The fraction of sp³-hybridized carbons (Fsp3) is 0.462. The molecule has 1 heterocycles. The van der Waals surface area contributed by atoms with E-state index in [9.17, 15) is 5.11 Å². The number of aryl methyl sites for hydroxylation is 1. The van der Waals surface area contributed by atoms with Crippen LogP contribution >= 0.6 is 0 Å². The van der Waals surface area contributed by atoms with Crippen molar-refractivity contribution >= 4 is 0 Å². The summed E-state index contributed by atoms with van der Waals surface area (Å²) in [6.07, 6.45) is 2.38.